The maximum atomic E-state index is 12.6. The fourth-order valence-electron chi connectivity index (χ4n) is 2.49. The van der Waals surface area contributed by atoms with E-state index in [-0.39, 0.29) is 39.5 Å². The van der Waals surface area contributed by atoms with Crippen LogP contribution in [0.2, 0.25) is 0 Å². The molecule has 2 aromatic rings. The Hall–Kier alpha value is -2.60. The number of fused-ring (bicyclic) bond motifs is 2. The van der Waals surface area contributed by atoms with Crippen LogP contribution in [0.15, 0.2) is 22.8 Å². The number of aliphatic hydroxyl groups excluding tert-OH is 1. The Bertz CT molecular complexity index is 769. The SMILES string of the molecule is COc1cc(O)c2c(c1)C(=O)c1c(coc1[C@@H](C)O)C2=O. The maximum absolute atomic E-state index is 12.6. The van der Waals surface area contributed by atoms with Crippen LogP contribution < -0.4 is 4.74 Å². The standard InChI is InChI=1S/C15H12O6/c1-6(16)15-12-9(5-21-15)14(19)11-8(13(12)18)3-7(20-2)4-10(11)17/h3-6,16-17H,1-2H3/t6-/m1/s1. The molecule has 1 aromatic heterocycles. The molecule has 1 aromatic carbocycles. The lowest BCUT2D eigenvalue weighted by Gasteiger charge is -2.17. The number of phenolic OH excluding ortho intramolecular Hbond substituents is 1. The fourth-order valence-corrected chi connectivity index (χ4v) is 2.49. The third kappa shape index (κ3) is 1.76. The Morgan fingerprint density at radius 1 is 1.14 bits per heavy atom. The highest BCUT2D eigenvalue weighted by molar-refractivity contribution is 6.29. The Balaban J connectivity index is 2.29. The van der Waals surface area contributed by atoms with Crippen LogP contribution >= 0.6 is 0 Å². The maximum Gasteiger partial charge on any atom is 0.201 e. The number of phenols is 1. The molecule has 0 radical (unpaired) electrons. The van der Waals surface area contributed by atoms with E-state index >= 15 is 0 Å². The van der Waals surface area contributed by atoms with Gasteiger partial charge in [0.25, 0.3) is 0 Å². The molecule has 0 fully saturated rings. The third-order valence-electron chi connectivity index (χ3n) is 3.47. The summed E-state index contributed by atoms with van der Waals surface area (Å²) in [5.74, 6) is -1.03. The van der Waals surface area contributed by atoms with Gasteiger partial charge in [-0.2, -0.15) is 0 Å². The minimum atomic E-state index is -1.02. The number of hydrogen-bond acceptors (Lipinski definition) is 6. The molecule has 0 bridgehead atoms. The zero-order valence-electron chi connectivity index (χ0n) is 11.3. The molecule has 0 aliphatic heterocycles. The lowest BCUT2D eigenvalue weighted by molar-refractivity contribution is 0.0972. The van der Waals surface area contributed by atoms with E-state index in [4.69, 9.17) is 9.15 Å². The van der Waals surface area contributed by atoms with Gasteiger partial charge in [-0.3, -0.25) is 9.59 Å². The average molecular weight is 288 g/mol. The third-order valence-corrected chi connectivity index (χ3v) is 3.47. The molecule has 0 unspecified atom stereocenters. The summed E-state index contributed by atoms with van der Waals surface area (Å²) in [5, 5.41) is 19.6. The van der Waals surface area contributed by atoms with Crippen LogP contribution in [-0.2, 0) is 0 Å². The van der Waals surface area contributed by atoms with Gasteiger partial charge in [-0.1, -0.05) is 0 Å². The van der Waals surface area contributed by atoms with Crippen LogP contribution in [0.4, 0.5) is 0 Å². The number of aliphatic hydroxyl groups is 1. The Morgan fingerprint density at radius 2 is 1.81 bits per heavy atom. The van der Waals surface area contributed by atoms with Crippen molar-refractivity contribution in [2.24, 2.45) is 0 Å². The number of ketones is 2. The van der Waals surface area contributed by atoms with Gasteiger partial charge in [0.2, 0.25) is 5.78 Å². The van der Waals surface area contributed by atoms with Crippen LogP contribution in [0, 0.1) is 0 Å². The number of aromatic hydroxyl groups is 1. The summed E-state index contributed by atoms with van der Waals surface area (Å²) in [5.41, 5.74) is 0.0397. The lowest BCUT2D eigenvalue weighted by Crippen LogP contribution is -2.21. The first-order valence-corrected chi connectivity index (χ1v) is 6.25. The Kier molecular flexibility index (Phi) is 2.84. The van der Waals surface area contributed by atoms with E-state index in [1.54, 1.807) is 0 Å². The van der Waals surface area contributed by atoms with E-state index in [0.717, 1.165) is 6.26 Å². The van der Waals surface area contributed by atoms with Gasteiger partial charge in [-0.05, 0) is 13.0 Å². The van der Waals surface area contributed by atoms with E-state index < -0.39 is 17.7 Å². The normalized spacial score (nSPS) is 14.6. The van der Waals surface area contributed by atoms with E-state index in [2.05, 4.69) is 0 Å². The van der Waals surface area contributed by atoms with Crippen LogP contribution in [0.1, 0.15) is 50.6 Å². The highest BCUT2D eigenvalue weighted by atomic mass is 16.5. The number of ether oxygens (including phenoxy) is 1. The summed E-state index contributed by atoms with van der Waals surface area (Å²) < 4.78 is 10.1. The van der Waals surface area contributed by atoms with Crippen LogP contribution in [0.5, 0.6) is 11.5 Å². The van der Waals surface area contributed by atoms with Crippen LogP contribution in [0.3, 0.4) is 0 Å². The first-order valence-electron chi connectivity index (χ1n) is 6.25. The van der Waals surface area contributed by atoms with Crippen molar-refractivity contribution in [3.63, 3.8) is 0 Å². The zero-order chi connectivity index (χ0) is 15.3. The average Bonchev–Trinajstić information content (AvgIpc) is 2.89. The summed E-state index contributed by atoms with van der Waals surface area (Å²) in [6.45, 7) is 1.44. The van der Waals surface area contributed by atoms with E-state index in [1.165, 1.54) is 26.2 Å². The largest absolute Gasteiger partial charge is 0.507 e. The fraction of sp³-hybridized carbons (Fsp3) is 0.200. The predicted octanol–water partition coefficient (Wildman–Crippen LogP) is 1.82. The molecule has 1 aliphatic rings. The second kappa shape index (κ2) is 4.46. The van der Waals surface area contributed by atoms with Crippen molar-refractivity contribution in [1.82, 2.24) is 0 Å². The Morgan fingerprint density at radius 3 is 2.43 bits per heavy atom. The second-order valence-corrected chi connectivity index (χ2v) is 4.79. The minimum absolute atomic E-state index is 0.0349. The summed E-state index contributed by atoms with van der Waals surface area (Å²) in [7, 11) is 1.39. The van der Waals surface area contributed by atoms with Gasteiger partial charge >= 0.3 is 0 Å². The molecule has 0 spiro atoms. The highest BCUT2D eigenvalue weighted by Crippen LogP contribution is 2.38. The quantitative estimate of drug-likeness (QED) is 0.746. The predicted molar refractivity (Wildman–Crippen MR) is 70.9 cm³/mol. The molecule has 6 nitrogen and oxygen atoms in total. The Labute approximate surface area is 119 Å². The van der Waals surface area contributed by atoms with Gasteiger partial charge in [0.15, 0.2) is 5.78 Å². The summed E-state index contributed by atoms with van der Waals surface area (Å²) in [6, 6.07) is 2.65. The first-order chi connectivity index (χ1) is 9.95. The summed E-state index contributed by atoms with van der Waals surface area (Å²) in [4.78, 5) is 25.0. The smallest absolute Gasteiger partial charge is 0.201 e. The molecule has 6 heteroatoms. The zero-order valence-corrected chi connectivity index (χ0v) is 11.3. The first kappa shape index (κ1) is 13.4. The molecular formula is C15H12O6. The van der Waals surface area contributed by atoms with Crippen molar-refractivity contribution in [3.05, 3.63) is 46.4 Å². The van der Waals surface area contributed by atoms with Gasteiger partial charge < -0.3 is 19.4 Å². The van der Waals surface area contributed by atoms with Gasteiger partial charge in [0.1, 0.15) is 29.6 Å². The molecule has 1 heterocycles. The van der Waals surface area contributed by atoms with E-state index in [0.29, 0.717) is 0 Å². The van der Waals surface area contributed by atoms with Gasteiger partial charge in [-0.25, -0.2) is 0 Å². The lowest BCUT2D eigenvalue weighted by atomic mass is 9.84. The number of hydrogen-bond donors (Lipinski definition) is 2. The molecule has 2 N–H and O–H groups in total. The van der Waals surface area contributed by atoms with Crippen molar-refractivity contribution < 1.29 is 29.0 Å². The van der Waals surface area contributed by atoms with Crippen molar-refractivity contribution in [2.75, 3.05) is 7.11 Å². The summed E-state index contributed by atoms with van der Waals surface area (Å²) in [6.07, 6.45) is 0.107. The van der Waals surface area contributed by atoms with Crippen molar-refractivity contribution in [1.29, 1.82) is 0 Å². The van der Waals surface area contributed by atoms with Crippen LogP contribution in [0.25, 0.3) is 0 Å². The number of benzene rings is 1. The molecule has 0 saturated heterocycles. The topological polar surface area (TPSA) is 97.0 Å². The van der Waals surface area contributed by atoms with Gasteiger partial charge in [-0.15, -0.1) is 0 Å². The molecule has 21 heavy (non-hydrogen) atoms. The molecule has 1 atom stereocenters. The molecule has 108 valence electrons. The monoisotopic (exact) mass is 288 g/mol. The highest BCUT2D eigenvalue weighted by Gasteiger charge is 2.37. The number of methoxy groups -OCH3 is 1. The number of carbonyl (C=O) groups is 2. The second-order valence-electron chi connectivity index (χ2n) is 4.79. The minimum Gasteiger partial charge on any atom is -0.507 e. The van der Waals surface area contributed by atoms with Gasteiger partial charge in [0.05, 0.1) is 23.8 Å². The summed E-state index contributed by atoms with van der Waals surface area (Å²) >= 11 is 0. The molecular weight excluding hydrogens is 276 g/mol. The number of carbonyl (C=O) groups excluding carboxylic acids is 2. The number of furan rings is 1. The van der Waals surface area contributed by atoms with Gasteiger partial charge in [0, 0.05) is 11.6 Å². The number of rotatable bonds is 2. The van der Waals surface area contributed by atoms with Crippen LogP contribution in [-0.4, -0.2) is 28.9 Å². The van der Waals surface area contributed by atoms with Crippen molar-refractivity contribution in [3.8, 4) is 11.5 Å². The molecule has 0 amide bonds. The van der Waals surface area contributed by atoms with Crippen molar-refractivity contribution in [2.45, 2.75) is 13.0 Å². The molecule has 0 saturated carbocycles. The molecule has 1 aliphatic carbocycles. The van der Waals surface area contributed by atoms with Crippen molar-refractivity contribution >= 4 is 11.6 Å². The molecule has 3 rings (SSSR count). The van der Waals surface area contributed by atoms with E-state index in [9.17, 15) is 19.8 Å². The van der Waals surface area contributed by atoms with E-state index in [1.807, 2.05) is 0 Å².